The Labute approximate surface area is 150 Å². The lowest BCUT2D eigenvalue weighted by Crippen LogP contribution is -2.30. The number of rotatable bonds is 7. The summed E-state index contributed by atoms with van der Waals surface area (Å²) in [4.78, 5) is 24.8. The lowest BCUT2D eigenvalue weighted by atomic mass is 10.1. The van der Waals surface area contributed by atoms with Crippen molar-refractivity contribution in [3.8, 4) is 6.07 Å². The van der Waals surface area contributed by atoms with Crippen LogP contribution in [0.25, 0.3) is 6.08 Å². The third kappa shape index (κ3) is 6.24. The van der Waals surface area contributed by atoms with Gasteiger partial charge >= 0.3 is 5.97 Å². The second-order valence-electron chi connectivity index (χ2n) is 5.34. The zero-order valence-corrected chi connectivity index (χ0v) is 14.6. The maximum Gasteiger partial charge on any atom is 0.349 e. The molecule has 6 heteroatoms. The molecule has 0 aliphatic heterocycles. The van der Waals surface area contributed by atoms with Gasteiger partial charge in [-0.15, -0.1) is 11.3 Å². The highest BCUT2D eigenvalue weighted by Crippen LogP contribution is 2.10. The molecular weight excluding hydrogens is 336 g/mol. The lowest BCUT2D eigenvalue weighted by Gasteiger charge is -2.05. The molecule has 0 unspecified atom stereocenters. The summed E-state index contributed by atoms with van der Waals surface area (Å²) in [7, 11) is 0. The van der Waals surface area contributed by atoms with Gasteiger partial charge in [0, 0.05) is 11.4 Å². The Kier molecular flexibility index (Phi) is 6.93. The van der Waals surface area contributed by atoms with Gasteiger partial charge in [0.05, 0.1) is 0 Å². The summed E-state index contributed by atoms with van der Waals surface area (Å²) < 4.78 is 4.90. The number of carbonyl (C=O) groups is 2. The van der Waals surface area contributed by atoms with Gasteiger partial charge in [0.2, 0.25) is 0 Å². The van der Waals surface area contributed by atoms with Crippen LogP contribution in [0.2, 0.25) is 0 Å². The summed E-state index contributed by atoms with van der Waals surface area (Å²) in [6.45, 7) is 2.02. The molecule has 1 N–H and O–H groups in total. The largest absolute Gasteiger partial charge is 0.451 e. The number of nitriles is 1. The van der Waals surface area contributed by atoms with Crippen LogP contribution in [0.15, 0.2) is 47.4 Å². The van der Waals surface area contributed by atoms with E-state index in [2.05, 4.69) is 5.32 Å². The molecule has 1 aromatic heterocycles. The number of nitrogens with one attached hydrogen (secondary N) is 1. The predicted molar refractivity (Wildman–Crippen MR) is 96.8 cm³/mol. The lowest BCUT2D eigenvalue weighted by molar-refractivity contribution is -0.144. The van der Waals surface area contributed by atoms with Crippen molar-refractivity contribution in [1.29, 1.82) is 5.26 Å². The van der Waals surface area contributed by atoms with Crippen molar-refractivity contribution in [2.45, 2.75) is 13.3 Å². The number of esters is 1. The molecule has 1 aromatic carbocycles. The molecule has 1 heterocycles. The molecule has 2 aromatic rings. The Morgan fingerprint density at radius 1 is 1.28 bits per heavy atom. The first-order valence-electron chi connectivity index (χ1n) is 7.73. The van der Waals surface area contributed by atoms with Crippen molar-refractivity contribution >= 4 is 29.3 Å². The normalized spacial score (nSPS) is 10.8. The highest BCUT2D eigenvalue weighted by molar-refractivity contribution is 7.09. The maximum absolute atomic E-state index is 11.9. The fraction of sp³-hybridized carbons (Fsp3) is 0.211. The fourth-order valence-corrected chi connectivity index (χ4v) is 2.71. The summed E-state index contributed by atoms with van der Waals surface area (Å²) in [6, 6.07) is 13.1. The third-order valence-corrected chi connectivity index (χ3v) is 4.27. The van der Waals surface area contributed by atoms with Crippen LogP contribution in [0.4, 0.5) is 0 Å². The molecule has 0 fully saturated rings. The number of benzene rings is 1. The number of hydrogen-bond donors (Lipinski definition) is 1. The number of carbonyl (C=O) groups excluding carboxylic acids is 2. The van der Waals surface area contributed by atoms with Gasteiger partial charge < -0.3 is 10.1 Å². The SMILES string of the molecule is Cc1ccc(/C=C(\C#N)C(=O)OCC(=O)NCCc2cccs2)cc1. The zero-order valence-electron chi connectivity index (χ0n) is 13.8. The quantitative estimate of drug-likeness (QED) is 0.471. The highest BCUT2D eigenvalue weighted by Gasteiger charge is 2.13. The van der Waals surface area contributed by atoms with Gasteiger partial charge in [0.1, 0.15) is 11.6 Å². The summed E-state index contributed by atoms with van der Waals surface area (Å²) in [6.07, 6.45) is 2.17. The summed E-state index contributed by atoms with van der Waals surface area (Å²) >= 11 is 1.62. The number of thiophene rings is 1. The average molecular weight is 354 g/mol. The topological polar surface area (TPSA) is 79.2 Å². The average Bonchev–Trinajstić information content (AvgIpc) is 3.12. The number of ether oxygens (including phenoxy) is 1. The van der Waals surface area contributed by atoms with E-state index in [1.165, 1.54) is 11.0 Å². The van der Waals surface area contributed by atoms with Gasteiger partial charge in [-0.2, -0.15) is 5.26 Å². The van der Waals surface area contributed by atoms with Crippen molar-refractivity contribution in [3.05, 3.63) is 63.4 Å². The first kappa shape index (κ1) is 18.4. The third-order valence-electron chi connectivity index (χ3n) is 3.34. The van der Waals surface area contributed by atoms with E-state index in [-0.39, 0.29) is 5.57 Å². The molecule has 0 aliphatic carbocycles. The van der Waals surface area contributed by atoms with E-state index in [9.17, 15) is 9.59 Å². The molecule has 2 rings (SSSR count). The van der Waals surface area contributed by atoms with Crippen molar-refractivity contribution in [3.63, 3.8) is 0 Å². The second-order valence-corrected chi connectivity index (χ2v) is 6.37. The minimum atomic E-state index is -0.809. The van der Waals surface area contributed by atoms with E-state index < -0.39 is 18.5 Å². The molecule has 0 aliphatic rings. The number of hydrogen-bond acceptors (Lipinski definition) is 5. The Bertz CT molecular complexity index is 787. The van der Waals surface area contributed by atoms with Crippen LogP contribution in [-0.2, 0) is 20.7 Å². The van der Waals surface area contributed by atoms with Crippen molar-refractivity contribution < 1.29 is 14.3 Å². The van der Waals surface area contributed by atoms with Gasteiger partial charge in [-0.25, -0.2) is 4.79 Å². The van der Waals surface area contributed by atoms with Crippen LogP contribution in [0, 0.1) is 18.3 Å². The first-order valence-corrected chi connectivity index (χ1v) is 8.61. The molecule has 0 atom stereocenters. The molecule has 0 radical (unpaired) electrons. The molecule has 0 spiro atoms. The standard InChI is InChI=1S/C19H18N2O3S/c1-14-4-6-15(7-5-14)11-16(12-20)19(23)24-13-18(22)21-9-8-17-3-2-10-25-17/h2-7,10-11H,8-9,13H2,1H3,(H,21,22)/b16-11+. The minimum absolute atomic E-state index is 0.143. The Balaban J connectivity index is 1.80. The van der Waals surface area contributed by atoms with Crippen molar-refractivity contribution in [2.75, 3.05) is 13.2 Å². The van der Waals surface area contributed by atoms with E-state index in [0.717, 1.165) is 17.5 Å². The highest BCUT2D eigenvalue weighted by atomic mass is 32.1. The number of aryl methyl sites for hydroxylation is 1. The Hall–Kier alpha value is -2.91. The van der Waals surface area contributed by atoms with Crippen molar-refractivity contribution in [1.82, 2.24) is 5.32 Å². The summed E-state index contributed by atoms with van der Waals surface area (Å²) in [5.41, 5.74) is 1.66. The molecular formula is C19H18N2O3S. The molecule has 5 nitrogen and oxygen atoms in total. The van der Waals surface area contributed by atoms with Crippen LogP contribution < -0.4 is 5.32 Å². The van der Waals surface area contributed by atoms with Gasteiger partial charge in [0.25, 0.3) is 5.91 Å². The second kappa shape index (κ2) is 9.40. The molecule has 0 bridgehead atoms. The fourth-order valence-electron chi connectivity index (χ4n) is 2.01. The molecule has 0 saturated carbocycles. The molecule has 1 amide bonds. The van der Waals surface area contributed by atoms with Gasteiger partial charge in [0.15, 0.2) is 6.61 Å². The number of amides is 1. The van der Waals surface area contributed by atoms with Gasteiger partial charge in [-0.1, -0.05) is 35.9 Å². The van der Waals surface area contributed by atoms with E-state index in [4.69, 9.17) is 10.00 Å². The van der Waals surface area contributed by atoms with Crippen LogP contribution in [-0.4, -0.2) is 25.0 Å². The zero-order chi connectivity index (χ0) is 18.1. The van der Waals surface area contributed by atoms with Gasteiger partial charge in [-0.3, -0.25) is 4.79 Å². The molecule has 0 saturated heterocycles. The predicted octanol–water partition coefficient (Wildman–Crippen LogP) is 2.87. The summed E-state index contributed by atoms with van der Waals surface area (Å²) in [5, 5.41) is 13.8. The summed E-state index contributed by atoms with van der Waals surface area (Å²) in [5.74, 6) is -1.20. The van der Waals surface area contributed by atoms with Crippen LogP contribution in [0.3, 0.4) is 0 Å². The van der Waals surface area contributed by atoms with Crippen LogP contribution in [0.1, 0.15) is 16.0 Å². The molecule has 128 valence electrons. The first-order chi connectivity index (χ1) is 12.1. The van der Waals surface area contributed by atoms with E-state index in [1.807, 2.05) is 36.6 Å². The molecule has 25 heavy (non-hydrogen) atoms. The maximum atomic E-state index is 11.9. The van der Waals surface area contributed by atoms with Gasteiger partial charge in [-0.05, 0) is 36.4 Å². The van der Waals surface area contributed by atoms with E-state index in [0.29, 0.717) is 6.54 Å². The smallest absolute Gasteiger partial charge is 0.349 e. The number of nitrogens with zero attached hydrogens (tertiary/aromatic N) is 1. The van der Waals surface area contributed by atoms with E-state index in [1.54, 1.807) is 29.5 Å². The minimum Gasteiger partial charge on any atom is -0.451 e. The Morgan fingerprint density at radius 3 is 2.68 bits per heavy atom. The van der Waals surface area contributed by atoms with Crippen molar-refractivity contribution in [2.24, 2.45) is 0 Å². The Morgan fingerprint density at radius 2 is 2.04 bits per heavy atom. The van der Waals surface area contributed by atoms with E-state index >= 15 is 0 Å². The van der Waals surface area contributed by atoms with Crippen LogP contribution in [0.5, 0.6) is 0 Å². The monoisotopic (exact) mass is 354 g/mol. The van der Waals surface area contributed by atoms with Crippen LogP contribution >= 0.6 is 11.3 Å².